The van der Waals surface area contributed by atoms with E-state index < -0.39 is 0 Å². The number of hydrogen-bond acceptors (Lipinski definition) is 4. The smallest absolute Gasteiger partial charge is 0.239 e. The van der Waals surface area contributed by atoms with Crippen molar-refractivity contribution in [3.8, 4) is 11.5 Å². The molecule has 0 radical (unpaired) electrons. The van der Waals surface area contributed by atoms with E-state index in [0.29, 0.717) is 19.0 Å². The Morgan fingerprint density at radius 3 is 2.67 bits per heavy atom. The highest BCUT2D eigenvalue weighted by Gasteiger charge is 2.07. The van der Waals surface area contributed by atoms with Crippen LogP contribution in [0.1, 0.15) is 20.3 Å². The van der Waals surface area contributed by atoms with Crippen LogP contribution in [0.5, 0.6) is 11.5 Å². The van der Waals surface area contributed by atoms with Gasteiger partial charge in [-0.3, -0.25) is 9.79 Å². The number of nitrogens with zero attached hydrogens (tertiary/aromatic N) is 1. The summed E-state index contributed by atoms with van der Waals surface area (Å²) in [6.45, 7) is 5.38. The van der Waals surface area contributed by atoms with Crippen molar-refractivity contribution in [3.05, 3.63) is 24.3 Å². The molecule has 0 heterocycles. The maximum absolute atomic E-state index is 11.6. The summed E-state index contributed by atoms with van der Waals surface area (Å²) >= 11 is 0. The molecule has 0 saturated carbocycles. The average molecular weight is 336 g/mol. The van der Waals surface area contributed by atoms with Gasteiger partial charge in [-0.15, -0.1) is 0 Å². The van der Waals surface area contributed by atoms with Gasteiger partial charge in [0.15, 0.2) is 5.96 Å². The summed E-state index contributed by atoms with van der Waals surface area (Å²) in [4.78, 5) is 15.7. The lowest BCUT2D eigenvalue weighted by Crippen LogP contribution is -2.45. The third-order valence-electron chi connectivity index (χ3n) is 3.15. The summed E-state index contributed by atoms with van der Waals surface area (Å²) in [6, 6.07) is 7.46. The molecule has 24 heavy (non-hydrogen) atoms. The van der Waals surface area contributed by atoms with Crippen LogP contribution in [-0.2, 0) is 4.79 Å². The molecule has 1 aromatic rings. The summed E-state index contributed by atoms with van der Waals surface area (Å²) < 4.78 is 11.0. The molecule has 1 rings (SSSR count). The van der Waals surface area contributed by atoms with Gasteiger partial charge in [-0.05, 0) is 25.5 Å². The molecule has 0 aliphatic heterocycles. The molecule has 0 aliphatic carbocycles. The van der Waals surface area contributed by atoms with Gasteiger partial charge in [0.25, 0.3) is 0 Å². The van der Waals surface area contributed by atoms with Gasteiger partial charge in [0, 0.05) is 19.7 Å². The van der Waals surface area contributed by atoms with Gasteiger partial charge in [-0.25, -0.2) is 0 Å². The maximum Gasteiger partial charge on any atom is 0.239 e. The molecule has 3 N–H and O–H groups in total. The minimum atomic E-state index is -0.0791. The van der Waals surface area contributed by atoms with Crippen molar-refractivity contribution < 1.29 is 14.3 Å². The second-order valence-electron chi connectivity index (χ2n) is 5.26. The molecule has 0 spiro atoms. The zero-order valence-corrected chi connectivity index (χ0v) is 14.9. The van der Waals surface area contributed by atoms with Crippen LogP contribution in [0.25, 0.3) is 0 Å². The van der Waals surface area contributed by atoms with Crippen molar-refractivity contribution in [2.24, 2.45) is 4.99 Å². The van der Waals surface area contributed by atoms with E-state index in [9.17, 15) is 4.79 Å². The number of rotatable bonds is 9. The molecule has 0 saturated heterocycles. The van der Waals surface area contributed by atoms with Crippen molar-refractivity contribution in [1.82, 2.24) is 16.0 Å². The summed E-state index contributed by atoms with van der Waals surface area (Å²) in [5, 5.41) is 8.90. The summed E-state index contributed by atoms with van der Waals surface area (Å²) in [7, 11) is 3.28. The quantitative estimate of drug-likeness (QED) is 0.465. The van der Waals surface area contributed by atoms with Gasteiger partial charge in [-0.2, -0.15) is 0 Å². The number of amides is 1. The van der Waals surface area contributed by atoms with E-state index in [4.69, 9.17) is 9.47 Å². The molecule has 0 fully saturated rings. The second-order valence-corrected chi connectivity index (χ2v) is 5.26. The Kier molecular flexibility index (Phi) is 9.11. The maximum atomic E-state index is 11.6. The van der Waals surface area contributed by atoms with Crippen molar-refractivity contribution in [1.29, 1.82) is 0 Å². The van der Waals surface area contributed by atoms with Crippen LogP contribution in [0, 0.1) is 0 Å². The van der Waals surface area contributed by atoms with Crippen LogP contribution in [0.3, 0.4) is 0 Å². The minimum Gasteiger partial charge on any atom is -0.497 e. The van der Waals surface area contributed by atoms with Crippen molar-refractivity contribution in [2.75, 3.05) is 33.8 Å². The minimum absolute atomic E-state index is 0.0551. The van der Waals surface area contributed by atoms with Crippen LogP contribution >= 0.6 is 0 Å². The Balaban J connectivity index is 2.35. The van der Waals surface area contributed by atoms with Crippen LogP contribution in [0.15, 0.2) is 29.3 Å². The number of ether oxygens (including phenoxy) is 2. The first-order valence-corrected chi connectivity index (χ1v) is 8.11. The molecule has 1 unspecified atom stereocenters. The Morgan fingerprint density at radius 2 is 2.00 bits per heavy atom. The number of guanidine groups is 1. The van der Waals surface area contributed by atoms with Gasteiger partial charge < -0.3 is 25.4 Å². The number of benzene rings is 1. The number of methoxy groups -OCH3 is 1. The van der Waals surface area contributed by atoms with E-state index in [1.54, 1.807) is 14.2 Å². The summed E-state index contributed by atoms with van der Waals surface area (Å²) in [6.07, 6.45) is 0.835. The lowest BCUT2D eigenvalue weighted by molar-refractivity contribution is -0.120. The second kappa shape index (κ2) is 11.2. The monoisotopic (exact) mass is 336 g/mol. The Bertz CT molecular complexity index is 534. The standard InChI is InChI=1S/C17H28N4O3/c1-5-9-19-16(22)12-21-17(18-3)20-11-13(2)24-15-8-6-7-14(10-15)23-4/h6-8,10,13H,5,9,11-12H2,1-4H3,(H,19,22)(H2,18,20,21). The molecule has 1 aromatic carbocycles. The number of nitrogens with one attached hydrogen (secondary N) is 3. The summed E-state index contributed by atoms with van der Waals surface area (Å²) in [5.41, 5.74) is 0. The third kappa shape index (κ3) is 7.71. The third-order valence-corrected chi connectivity index (χ3v) is 3.15. The molecule has 0 aromatic heterocycles. The van der Waals surface area contributed by atoms with Gasteiger partial charge in [-0.1, -0.05) is 13.0 Å². The lowest BCUT2D eigenvalue weighted by Gasteiger charge is -2.18. The lowest BCUT2D eigenvalue weighted by atomic mass is 10.3. The van der Waals surface area contributed by atoms with Crippen LogP contribution in [0.4, 0.5) is 0 Å². The number of carbonyl (C=O) groups excluding carboxylic acids is 1. The van der Waals surface area contributed by atoms with Gasteiger partial charge in [0.1, 0.15) is 17.6 Å². The highest BCUT2D eigenvalue weighted by Crippen LogP contribution is 2.19. The van der Waals surface area contributed by atoms with E-state index in [1.165, 1.54) is 0 Å². The first-order chi connectivity index (χ1) is 11.6. The fourth-order valence-corrected chi connectivity index (χ4v) is 1.90. The van der Waals surface area contributed by atoms with Crippen LogP contribution < -0.4 is 25.4 Å². The first kappa shape index (κ1) is 19.6. The molecule has 134 valence electrons. The molecule has 0 aliphatic rings. The molecule has 1 amide bonds. The van der Waals surface area contributed by atoms with Gasteiger partial charge in [0.2, 0.25) is 5.91 Å². The number of aliphatic imine (C=N–C) groups is 1. The van der Waals surface area contributed by atoms with E-state index >= 15 is 0 Å². The average Bonchev–Trinajstić information content (AvgIpc) is 2.60. The van der Waals surface area contributed by atoms with E-state index in [1.807, 2.05) is 38.1 Å². The van der Waals surface area contributed by atoms with Crippen molar-refractivity contribution in [2.45, 2.75) is 26.4 Å². The van der Waals surface area contributed by atoms with Crippen LogP contribution in [-0.4, -0.2) is 51.8 Å². The van der Waals surface area contributed by atoms with Crippen LogP contribution in [0.2, 0.25) is 0 Å². The van der Waals surface area contributed by atoms with Crippen molar-refractivity contribution >= 4 is 11.9 Å². The predicted molar refractivity (Wildman–Crippen MR) is 95.7 cm³/mol. The fourth-order valence-electron chi connectivity index (χ4n) is 1.90. The normalized spacial score (nSPS) is 12.2. The topological polar surface area (TPSA) is 84.0 Å². The highest BCUT2D eigenvalue weighted by molar-refractivity contribution is 5.86. The van der Waals surface area contributed by atoms with Gasteiger partial charge in [0.05, 0.1) is 20.2 Å². The zero-order valence-electron chi connectivity index (χ0n) is 14.9. The first-order valence-electron chi connectivity index (χ1n) is 8.11. The van der Waals surface area contributed by atoms with E-state index in [-0.39, 0.29) is 18.6 Å². The summed E-state index contributed by atoms with van der Waals surface area (Å²) in [5.74, 6) is 2.00. The molecular weight excluding hydrogens is 308 g/mol. The Morgan fingerprint density at radius 1 is 1.25 bits per heavy atom. The zero-order chi connectivity index (χ0) is 17.8. The fraction of sp³-hybridized carbons (Fsp3) is 0.529. The molecule has 0 bridgehead atoms. The molecular formula is C17H28N4O3. The predicted octanol–water partition coefficient (Wildman–Crippen LogP) is 1.15. The van der Waals surface area contributed by atoms with Crippen molar-refractivity contribution in [3.63, 3.8) is 0 Å². The highest BCUT2D eigenvalue weighted by atomic mass is 16.5. The number of hydrogen-bond donors (Lipinski definition) is 3. The van der Waals surface area contributed by atoms with E-state index in [2.05, 4.69) is 20.9 Å². The molecule has 7 nitrogen and oxygen atoms in total. The Labute approximate surface area is 143 Å². The Hall–Kier alpha value is -2.44. The molecule has 1 atom stereocenters. The number of carbonyl (C=O) groups is 1. The SMILES string of the molecule is CCCNC(=O)CNC(=NC)NCC(C)Oc1cccc(OC)c1. The largest absolute Gasteiger partial charge is 0.497 e. The van der Waals surface area contributed by atoms with E-state index in [0.717, 1.165) is 17.9 Å². The molecule has 7 heteroatoms. The van der Waals surface area contributed by atoms with Gasteiger partial charge >= 0.3 is 0 Å².